The molecule has 0 aromatic carbocycles. The minimum absolute atomic E-state index is 0.298. The van der Waals surface area contributed by atoms with Crippen molar-refractivity contribution < 1.29 is 0 Å². The predicted molar refractivity (Wildman–Crippen MR) is 80.3 cm³/mol. The Balaban J connectivity index is 1.72. The molecule has 6 heteroatoms. The van der Waals surface area contributed by atoms with Gasteiger partial charge in [0.05, 0.1) is 10.3 Å². The highest BCUT2D eigenvalue weighted by molar-refractivity contribution is 9.11. The highest BCUT2D eigenvalue weighted by Crippen LogP contribution is 2.27. The van der Waals surface area contributed by atoms with E-state index in [1.165, 1.54) is 4.88 Å². The molecule has 98 valence electrons. The fourth-order valence-corrected chi connectivity index (χ4v) is 3.37. The largest absolute Gasteiger partial charge is 0.302 e. The predicted octanol–water partition coefficient (Wildman–Crippen LogP) is 3.40. The van der Waals surface area contributed by atoms with Gasteiger partial charge in [0.2, 0.25) is 0 Å². The van der Waals surface area contributed by atoms with E-state index in [2.05, 4.69) is 50.5 Å². The molecular weight excluding hydrogens is 324 g/mol. The lowest BCUT2D eigenvalue weighted by molar-refractivity contribution is 0.563. The summed E-state index contributed by atoms with van der Waals surface area (Å²) in [6.45, 7) is 2.85. The number of halogens is 1. The van der Waals surface area contributed by atoms with Crippen LogP contribution in [-0.2, 0) is 6.54 Å². The first-order chi connectivity index (χ1) is 9.24. The Morgan fingerprint density at radius 3 is 3.00 bits per heavy atom. The fraction of sp³-hybridized carbons (Fsp3) is 0.231. The van der Waals surface area contributed by atoms with Gasteiger partial charge < -0.3 is 5.32 Å². The number of fused-ring (bicyclic) bond motifs is 1. The molecular formula is C13H13BrN4S. The summed E-state index contributed by atoms with van der Waals surface area (Å²) in [5, 5.41) is 11.8. The second kappa shape index (κ2) is 5.40. The number of aromatic nitrogens is 3. The second-order valence-corrected chi connectivity index (χ2v) is 6.78. The third kappa shape index (κ3) is 2.70. The first-order valence-electron chi connectivity index (χ1n) is 6.01. The van der Waals surface area contributed by atoms with E-state index in [4.69, 9.17) is 0 Å². The van der Waals surface area contributed by atoms with E-state index >= 15 is 0 Å². The molecule has 0 spiro atoms. The molecule has 0 fully saturated rings. The molecule has 3 heterocycles. The number of thiophene rings is 1. The van der Waals surface area contributed by atoms with E-state index in [9.17, 15) is 0 Å². The Labute approximate surface area is 123 Å². The smallest absolute Gasteiger partial charge is 0.160 e. The second-order valence-electron chi connectivity index (χ2n) is 4.29. The molecule has 4 nitrogen and oxygen atoms in total. The van der Waals surface area contributed by atoms with Gasteiger partial charge >= 0.3 is 0 Å². The van der Waals surface area contributed by atoms with E-state index in [1.807, 2.05) is 28.8 Å². The van der Waals surface area contributed by atoms with Gasteiger partial charge in [0.15, 0.2) is 11.5 Å². The molecule has 0 bridgehead atoms. The Kier molecular flexibility index (Phi) is 3.63. The third-order valence-electron chi connectivity index (χ3n) is 2.97. The fourth-order valence-electron chi connectivity index (χ4n) is 1.92. The van der Waals surface area contributed by atoms with Crippen LogP contribution in [0.15, 0.2) is 40.3 Å². The van der Waals surface area contributed by atoms with E-state index in [0.717, 1.165) is 15.3 Å². The summed E-state index contributed by atoms with van der Waals surface area (Å²) >= 11 is 5.24. The van der Waals surface area contributed by atoms with Crippen molar-refractivity contribution in [1.82, 2.24) is 19.9 Å². The van der Waals surface area contributed by atoms with Gasteiger partial charge in [0.1, 0.15) is 0 Å². The molecule has 0 amide bonds. The zero-order chi connectivity index (χ0) is 13.2. The van der Waals surface area contributed by atoms with E-state index in [0.29, 0.717) is 12.6 Å². The van der Waals surface area contributed by atoms with Crippen molar-refractivity contribution in [2.24, 2.45) is 0 Å². The Morgan fingerprint density at radius 1 is 1.32 bits per heavy atom. The first-order valence-corrected chi connectivity index (χ1v) is 7.62. The number of rotatable bonds is 4. The summed E-state index contributed by atoms with van der Waals surface area (Å²) in [6, 6.07) is 10.4. The van der Waals surface area contributed by atoms with Gasteiger partial charge in [-0.15, -0.1) is 21.5 Å². The van der Waals surface area contributed by atoms with Crippen LogP contribution in [0, 0.1) is 0 Å². The van der Waals surface area contributed by atoms with Crippen molar-refractivity contribution in [3.8, 4) is 0 Å². The summed E-state index contributed by atoms with van der Waals surface area (Å²) in [5.74, 6) is 0.929. The van der Waals surface area contributed by atoms with Crippen LogP contribution in [0.3, 0.4) is 0 Å². The molecule has 1 unspecified atom stereocenters. The van der Waals surface area contributed by atoms with Crippen LogP contribution in [0.4, 0.5) is 0 Å². The minimum Gasteiger partial charge on any atom is -0.302 e. The summed E-state index contributed by atoms with van der Waals surface area (Å²) in [5.41, 5.74) is 0.880. The van der Waals surface area contributed by atoms with Crippen LogP contribution in [0.2, 0.25) is 0 Å². The molecule has 0 aliphatic rings. The monoisotopic (exact) mass is 336 g/mol. The molecule has 1 atom stereocenters. The number of hydrogen-bond donors (Lipinski definition) is 1. The highest BCUT2D eigenvalue weighted by atomic mass is 79.9. The van der Waals surface area contributed by atoms with Crippen molar-refractivity contribution in [3.63, 3.8) is 0 Å². The maximum Gasteiger partial charge on any atom is 0.160 e. The first kappa shape index (κ1) is 12.8. The summed E-state index contributed by atoms with van der Waals surface area (Å²) in [6.07, 6.45) is 1.98. The van der Waals surface area contributed by atoms with Crippen LogP contribution >= 0.6 is 27.3 Å². The molecule has 0 saturated carbocycles. The molecule has 3 rings (SSSR count). The van der Waals surface area contributed by atoms with Gasteiger partial charge in [-0.3, -0.25) is 4.40 Å². The Morgan fingerprint density at radius 2 is 2.21 bits per heavy atom. The topological polar surface area (TPSA) is 42.2 Å². The lowest BCUT2D eigenvalue weighted by Gasteiger charge is -2.10. The maximum atomic E-state index is 4.21. The number of nitrogens with zero attached hydrogens (tertiary/aromatic N) is 3. The van der Waals surface area contributed by atoms with Crippen molar-refractivity contribution in [2.45, 2.75) is 19.5 Å². The lowest BCUT2D eigenvalue weighted by Crippen LogP contribution is -2.18. The maximum absolute atomic E-state index is 4.21. The lowest BCUT2D eigenvalue weighted by atomic mass is 10.3. The quantitative estimate of drug-likeness (QED) is 0.793. The molecule has 0 aliphatic heterocycles. The van der Waals surface area contributed by atoms with E-state index in [1.54, 1.807) is 11.3 Å². The van der Waals surface area contributed by atoms with Crippen LogP contribution in [0.5, 0.6) is 0 Å². The van der Waals surface area contributed by atoms with Crippen molar-refractivity contribution in [3.05, 3.63) is 51.0 Å². The minimum atomic E-state index is 0.298. The number of hydrogen-bond acceptors (Lipinski definition) is 4. The summed E-state index contributed by atoms with van der Waals surface area (Å²) in [7, 11) is 0. The Hall–Kier alpha value is -1.24. The van der Waals surface area contributed by atoms with Gasteiger partial charge in [-0.1, -0.05) is 6.07 Å². The van der Waals surface area contributed by atoms with E-state index in [-0.39, 0.29) is 0 Å². The average molecular weight is 337 g/mol. The number of nitrogens with one attached hydrogen (secondary N) is 1. The van der Waals surface area contributed by atoms with Gasteiger partial charge in [-0.25, -0.2) is 0 Å². The number of pyridine rings is 1. The normalized spacial score (nSPS) is 12.9. The molecule has 1 N–H and O–H groups in total. The average Bonchev–Trinajstić information content (AvgIpc) is 3.02. The van der Waals surface area contributed by atoms with Crippen molar-refractivity contribution in [1.29, 1.82) is 0 Å². The molecule has 3 aromatic rings. The van der Waals surface area contributed by atoms with Gasteiger partial charge in [0, 0.05) is 17.1 Å². The molecule has 3 aromatic heterocycles. The van der Waals surface area contributed by atoms with E-state index < -0.39 is 0 Å². The molecule has 0 saturated heterocycles. The highest BCUT2D eigenvalue weighted by Gasteiger charge is 2.10. The van der Waals surface area contributed by atoms with Gasteiger partial charge in [-0.2, -0.15) is 0 Å². The zero-order valence-electron chi connectivity index (χ0n) is 10.4. The Bertz CT molecular complexity index is 691. The standard InChI is InChI=1S/C13H13BrN4S/c1-9(10-5-6-11(14)19-10)15-8-13-17-16-12-4-2-3-7-18(12)13/h2-7,9,15H,8H2,1H3. The van der Waals surface area contributed by atoms with Crippen molar-refractivity contribution in [2.75, 3.05) is 0 Å². The summed E-state index contributed by atoms with van der Waals surface area (Å²) < 4.78 is 3.16. The van der Waals surface area contributed by atoms with Crippen LogP contribution < -0.4 is 5.32 Å². The van der Waals surface area contributed by atoms with Crippen LogP contribution in [0.25, 0.3) is 5.65 Å². The third-order valence-corrected chi connectivity index (χ3v) is 4.78. The molecule has 0 radical (unpaired) electrons. The molecule has 0 aliphatic carbocycles. The SMILES string of the molecule is CC(NCc1nnc2ccccn12)c1ccc(Br)s1. The molecule has 19 heavy (non-hydrogen) atoms. The van der Waals surface area contributed by atoms with Crippen molar-refractivity contribution >= 4 is 32.9 Å². The summed E-state index contributed by atoms with van der Waals surface area (Å²) in [4.78, 5) is 1.31. The van der Waals surface area contributed by atoms with Gasteiger partial charge in [0.25, 0.3) is 0 Å². The van der Waals surface area contributed by atoms with Crippen LogP contribution in [-0.4, -0.2) is 14.6 Å². The van der Waals surface area contributed by atoms with Crippen LogP contribution in [0.1, 0.15) is 23.7 Å². The zero-order valence-corrected chi connectivity index (χ0v) is 12.8. The van der Waals surface area contributed by atoms with Gasteiger partial charge in [-0.05, 0) is 47.1 Å².